The summed E-state index contributed by atoms with van der Waals surface area (Å²) in [6.45, 7) is 3.70. The molecule has 1 aromatic carbocycles. The van der Waals surface area contributed by atoms with Gasteiger partial charge in [-0.3, -0.25) is 9.59 Å². The molecule has 0 aliphatic carbocycles. The van der Waals surface area contributed by atoms with Crippen LogP contribution >= 0.6 is 0 Å². The lowest BCUT2D eigenvalue weighted by molar-refractivity contribution is -0.143. The van der Waals surface area contributed by atoms with Gasteiger partial charge in [-0.25, -0.2) is 8.42 Å². The molecule has 148 valence electrons. The highest BCUT2D eigenvalue weighted by molar-refractivity contribution is 7.89. The highest BCUT2D eigenvalue weighted by Gasteiger charge is 2.32. The van der Waals surface area contributed by atoms with Gasteiger partial charge >= 0.3 is 5.97 Å². The highest BCUT2D eigenvalue weighted by atomic mass is 32.2. The lowest BCUT2D eigenvalue weighted by Crippen LogP contribution is -2.45. The van der Waals surface area contributed by atoms with E-state index in [4.69, 9.17) is 0 Å². The first-order chi connectivity index (χ1) is 12.8. The summed E-state index contributed by atoms with van der Waals surface area (Å²) in [5.74, 6) is -1.59. The molecule has 2 heterocycles. The van der Waals surface area contributed by atoms with Crippen LogP contribution in [0, 0.1) is 11.8 Å². The fraction of sp³-hybridized carbons (Fsp3) is 0.579. The summed E-state index contributed by atoms with van der Waals surface area (Å²) in [5.41, 5.74) is 0.380. The molecule has 2 fully saturated rings. The molecule has 1 aromatic rings. The molecule has 3 rings (SSSR count). The van der Waals surface area contributed by atoms with Crippen molar-refractivity contribution in [1.29, 1.82) is 0 Å². The number of amides is 1. The van der Waals surface area contributed by atoms with Crippen molar-refractivity contribution >= 4 is 21.9 Å². The maximum atomic E-state index is 12.7. The van der Waals surface area contributed by atoms with Crippen molar-refractivity contribution in [1.82, 2.24) is 9.21 Å². The third-order valence-electron chi connectivity index (χ3n) is 5.35. The monoisotopic (exact) mass is 394 g/mol. The number of hydrogen-bond acceptors (Lipinski definition) is 4. The van der Waals surface area contributed by atoms with Gasteiger partial charge in [-0.05, 0) is 49.4 Å². The van der Waals surface area contributed by atoms with Gasteiger partial charge in [0.1, 0.15) is 0 Å². The minimum atomic E-state index is -3.53. The molecule has 2 atom stereocenters. The number of carbonyl (C=O) groups is 2. The van der Waals surface area contributed by atoms with Crippen molar-refractivity contribution in [3.8, 4) is 0 Å². The van der Waals surface area contributed by atoms with Crippen LogP contribution in [0.3, 0.4) is 0 Å². The van der Waals surface area contributed by atoms with Crippen LogP contribution in [0.1, 0.15) is 43.0 Å². The topological polar surface area (TPSA) is 95.0 Å². The minimum absolute atomic E-state index is 0.113. The highest BCUT2D eigenvalue weighted by Crippen LogP contribution is 2.25. The van der Waals surface area contributed by atoms with Crippen LogP contribution in [0.5, 0.6) is 0 Å². The molecule has 8 heteroatoms. The smallest absolute Gasteiger partial charge is 0.308 e. The van der Waals surface area contributed by atoms with Crippen LogP contribution in [-0.4, -0.2) is 60.8 Å². The molecule has 0 saturated carbocycles. The normalized spacial score (nSPS) is 24.6. The number of carbonyl (C=O) groups excluding carboxylic acids is 1. The van der Waals surface area contributed by atoms with E-state index in [-0.39, 0.29) is 23.3 Å². The predicted molar refractivity (Wildman–Crippen MR) is 99.9 cm³/mol. The second-order valence-electron chi connectivity index (χ2n) is 7.58. The van der Waals surface area contributed by atoms with Crippen LogP contribution in [-0.2, 0) is 14.8 Å². The Morgan fingerprint density at radius 1 is 1.04 bits per heavy atom. The average molecular weight is 394 g/mol. The molecular weight excluding hydrogens is 368 g/mol. The molecule has 0 spiro atoms. The Balaban J connectivity index is 1.74. The fourth-order valence-electron chi connectivity index (χ4n) is 3.90. The van der Waals surface area contributed by atoms with E-state index >= 15 is 0 Å². The fourth-order valence-corrected chi connectivity index (χ4v) is 5.42. The van der Waals surface area contributed by atoms with Crippen LogP contribution in [0.2, 0.25) is 0 Å². The zero-order chi connectivity index (χ0) is 19.6. The zero-order valence-electron chi connectivity index (χ0n) is 15.5. The van der Waals surface area contributed by atoms with Gasteiger partial charge in [0, 0.05) is 31.7 Å². The molecule has 0 aromatic heterocycles. The van der Waals surface area contributed by atoms with Gasteiger partial charge in [0.05, 0.1) is 10.8 Å². The van der Waals surface area contributed by atoms with E-state index in [2.05, 4.69) is 0 Å². The molecule has 1 N–H and O–H groups in total. The Labute approximate surface area is 160 Å². The second kappa shape index (κ2) is 7.98. The second-order valence-corrected chi connectivity index (χ2v) is 9.51. The maximum Gasteiger partial charge on any atom is 0.308 e. The van der Waals surface area contributed by atoms with E-state index in [1.165, 1.54) is 28.6 Å². The van der Waals surface area contributed by atoms with Crippen molar-refractivity contribution in [2.24, 2.45) is 11.8 Å². The number of hydrogen-bond donors (Lipinski definition) is 1. The van der Waals surface area contributed by atoms with E-state index in [0.717, 1.165) is 19.3 Å². The number of benzene rings is 1. The minimum Gasteiger partial charge on any atom is -0.481 e. The summed E-state index contributed by atoms with van der Waals surface area (Å²) in [6, 6.07) is 5.99. The Hall–Kier alpha value is -1.93. The number of rotatable bonds is 4. The van der Waals surface area contributed by atoms with Gasteiger partial charge in [0.25, 0.3) is 5.91 Å². The molecule has 2 unspecified atom stereocenters. The standard InChI is InChI=1S/C19H26N2O5S/c1-14-11-16(19(23)24)13-20(12-14)18(22)15-5-7-17(8-6-15)27(25,26)21-9-3-2-4-10-21/h5-8,14,16H,2-4,9-13H2,1H3,(H,23,24). The van der Waals surface area contributed by atoms with Gasteiger partial charge in [-0.15, -0.1) is 0 Å². The molecule has 0 radical (unpaired) electrons. The molecular formula is C19H26N2O5S. The van der Waals surface area contributed by atoms with Crippen molar-refractivity contribution in [2.75, 3.05) is 26.2 Å². The molecule has 2 aliphatic rings. The number of nitrogens with zero attached hydrogens (tertiary/aromatic N) is 2. The van der Waals surface area contributed by atoms with Crippen LogP contribution in [0.4, 0.5) is 0 Å². The predicted octanol–water partition coefficient (Wildman–Crippen LogP) is 2.04. The third kappa shape index (κ3) is 4.32. The zero-order valence-corrected chi connectivity index (χ0v) is 16.3. The van der Waals surface area contributed by atoms with Gasteiger partial charge in [0.2, 0.25) is 10.0 Å². The SMILES string of the molecule is CC1CC(C(=O)O)CN(C(=O)c2ccc(S(=O)(=O)N3CCCCC3)cc2)C1. The van der Waals surface area contributed by atoms with Gasteiger partial charge < -0.3 is 10.0 Å². The van der Waals surface area contributed by atoms with Gasteiger partial charge in [-0.1, -0.05) is 13.3 Å². The number of aliphatic carboxylic acids is 1. The summed E-state index contributed by atoms with van der Waals surface area (Å²) >= 11 is 0. The number of likely N-dealkylation sites (tertiary alicyclic amines) is 1. The van der Waals surface area contributed by atoms with Gasteiger partial charge in [-0.2, -0.15) is 4.31 Å². The van der Waals surface area contributed by atoms with Crippen molar-refractivity contribution in [2.45, 2.75) is 37.5 Å². The van der Waals surface area contributed by atoms with Crippen molar-refractivity contribution in [3.05, 3.63) is 29.8 Å². The number of carboxylic acid groups (broad SMARTS) is 1. The van der Waals surface area contributed by atoms with E-state index in [1.807, 2.05) is 6.92 Å². The van der Waals surface area contributed by atoms with Crippen LogP contribution in [0.15, 0.2) is 29.2 Å². The third-order valence-corrected chi connectivity index (χ3v) is 7.26. The summed E-state index contributed by atoms with van der Waals surface area (Å²) in [7, 11) is -3.53. The van der Waals surface area contributed by atoms with Crippen molar-refractivity contribution < 1.29 is 23.1 Å². The molecule has 2 saturated heterocycles. The molecule has 0 bridgehead atoms. The quantitative estimate of drug-likeness (QED) is 0.843. The van der Waals surface area contributed by atoms with E-state index in [9.17, 15) is 23.1 Å². The van der Waals surface area contributed by atoms with E-state index in [1.54, 1.807) is 4.90 Å². The lowest BCUT2D eigenvalue weighted by Gasteiger charge is -2.34. The Morgan fingerprint density at radius 3 is 2.26 bits per heavy atom. The first kappa shape index (κ1) is 19.8. The first-order valence-electron chi connectivity index (χ1n) is 9.41. The maximum absolute atomic E-state index is 12.7. The molecule has 1 amide bonds. The van der Waals surface area contributed by atoms with Gasteiger partial charge in [0.15, 0.2) is 0 Å². The van der Waals surface area contributed by atoms with Crippen LogP contribution < -0.4 is 0 Å². The Bertz CT molecular complexity index is 800. The van der Waals surface area contributed by atoms with E-state index in [0.29, 0.717) is 31.6 Å². The Kier molecular flexibility index (Phi) is 5.86. The largest absolute Gasteiger partial charge is 0.481 e. The Morgan fingerprint density at radius 2 is 1.67 bits per heavy atom. The summed E-state index contributed by atoms with van der Waals surface area (Å²) in [6.07, 6.45) is 3.35. The lowest BCUT2D eigenvalue weighted by atomic mass is 9.90. The number of sulfonamides is 1. The number of piperidine rings is 2. The average Bonchev–Trinajstić information content (AvgIpc) is 2.67. The first-order valence-corrected chi connectivity index (χ1v) is 10.9. The molecule has 27 heavy (non-hydrogen) atoms. The van der Waals surface area contributed by atoms with Crippen molar-refractivity contribution in [3.63, 3.8) is 0 Å². The molecule has 2 aliphatic heterocycles. The van der Waals surface area contributed by atoms with Crippen LogP contribution in [0.25, 0.3) is 0 Å². The molecule has 7 nitrogen and oxygen atoms in total. The summed E-state index contributed by atoms with van der Waals surface area (Å²) < 4.78 is 26.9. The summed E-state index contributed by atoms with van der Waals surface area (Å²) in [4.78, 5) is 25.8. The summed E-state index contributed by atoms with van der Waals surface area (Å²) in [5, 5.41) is 9.27. The van der Waals surface area contributed by atoms with E-state index < -0.39 is 21.9 Å². The number of carboxylic acids is 1.